The van der Waals surface area contributed by atoms with Gasteiger partial charge in [0.1, 0.15) is 6.29 Å². The summed E-state index contributed by atoms with van der Waals surface area (Å²) in [4.78, 5) is 10.1. The number of carbonyl (C=O) groups excluding carboxylic acids is 1. The summed E-state index contributed by atoms with van der Waals surface area (Å²) in [5, 5.41) is 0.0937. The lowest BCUT2D eigenvalue weighted by Gasteiger charge is -2.03. The van der Waals surface area contributed by atoms with E-state index in [4.69, 9.17) is 11.6 Å². The predicted molar refractivity (Wildman–Crippen MR) is 53.5 cm³/mol. The fourth-order valence-corrected chi connectivity index (χ4v) is 1.68. The number of carbonyl (C=O) groups is 1. The predicted octanol–water partition coefficient (Wildman–Crippen LogP) is 3.37. The molecule has 4 heteroatoms. The third-order valence-electron chi connectivity index (χ3n) is 1.65. The van der Waals surface area contributed by atoms with Crippen molar-refractivity contribution in [2.75, 3.05) is 0 Å². The average Bonchev–Trinajstić information content (AvgIpc) is 2.13. The van der Waals surface area contributed by atoms with E-state index in [1.807, 2.05) is 0 Å². The van der Waals surface area contributed by atoms with E-state index in [1.54, 1.807) is 12.1 Å². The third-order valence-corrected chi connectivity index (χ3v) is 2.67. The molecule has 0 fully saturated rings. The van der Waals surface area contributed by atoms with Crippen molar-refractivity contribution in [2.45, 2.75) is 12.8 Å². The maximum atomic E-state index is 13.2. The van der Waals surface area contributed by atoms with Crippen molar-refractivity contribution in [3.63, 3.8) is 0 Å². The number of halogens is 3. The number of benzene rings is 1. The van der Waals surface area contributed by atoms with E-state index in [9.17, 15) is 9.18 Å². The fraction of sp³-hybridized carbons (Fsp3) is 0.222. The van der Waals surface area contributed by atoms with E-state index in [2.05, 4.69) is 15.9 Å². The molecule has 70 valence electrons. The Hall–Kier alpha value is -0.410. The van der Waals surface area contributed by atoms with Crippen LogP contribution < -0.4 is 0 Å². The highest BCUT2D eigenvalue weighted by Gasteiger charge is 2.08. The highest BCUT2D eigenvalue weighted by Crippen LogP contribution is 2.27. The Morgan fingerprint density at radius 3 is 2.85 bits per heavy atom. The summed E-state index contributed by atoms with van der Waals surface area (Å²) in [5.74, 6) is -0.468. The van der Waals surface area contributed by atoms with Gasteiger partial charge >= 0.3 is 0 Å². The molecule has 0 spiro atoms. The maximum absolute atomic E-state index is 13.2. The van der Waals surface area contributed by atoms with Crippen LogP contribution in [-0.4, -0.2) is 6.29 Å². The lowest BCUT2D eigenvalue weighted by Crippen LogP contribution is -1.91. The van der Waals surface area contributed by atoms with Gasteiger partial charge in [-0.15, -0.1) is 0 Å². The first-order valence-corrected chi connectivity index (χ1v) is 4.90. The smallest absolute Gasteiger partial charge is 0.156 e. The lowest BCUT2D eigenvalue weighted by molar-refractivity contribution is -0.107. The molecule has 0 atom stereocenters. The van der Waals surface area contributed by atoms with E-state index in [-0.39, 0.29) is 5.02 Å². The molecule has 1 rings (SSSR count). The van der Waals surface area contributed by atoms with Gasteiger partial charge in [0.05, 0.1) is 9.50 Å². The SMILES string of the molecule is O=CCCc1ccc(Br)c(F)c1Cl. The summed E-state index contributed by atoms with van der Waals surface area (Å²) in [6.07, 6.45) is 1.63. The number of aryl methyl sites for hydroxylation is 1. The van der Waals surface area contributed by atoms with Gasteiger partial charge in [-0.1, -0.05) is 17.7 Å². The summed E-state index contributed by atoms with van der Waals surface area (Å²) in [6, 6.07) is 3.29. The molecular weight excluding hydrogens is 258 g/mol. The van der Waals surface area contributed by atoms with Crippen LogP contribution in [0.4, 0.5) is 4.39 Å². The van der Waals surface area contributed by atoms with Crippen LogP contribution in [0.3, 0.4) is 0 Å². The number of hydrogen-bond acceptors (Lipinski definition) is 1. The van der Waals surface area contributed by atoms with Gasteiger partial charge in [-0.2, -0.15) is 0 Å². The largest absolute Gasteiger partial charge is 0.303 e. The minimum absolute atomic E-state index is 0.0937. The van der Waals surface area contributed by atoms with Crippen molar-refractivity contribution in [1.29, 1.82) is 0 Å². The van der Waals surface area contributed by atoms with E-state index in [1.165, 1.54) is 0 Å². The molecule has 0 aliphatic heterocycles. The van der Waals surface area contributed by atoms with Gasteiger partial charge in [-0.25, -0.2) is 4.39 Å². The number of hydrogen-bond donors (Lipinski definition) is 0. The van der Waals surface area contributed by atoms with Crippen molar-refractivity contribution in [3.05, 3.63) is 33.0 Å². The summed E-state index contributed by atoms with van der Waals surface area (Å²) in [6.45, 7) is 0. The summed E-state index contributed by atoms with van der Waals surface area (Å²) in [5.41, 5.74) is 0.662. The molecule has 1 aromatic rings. The van der Waals surface area contributed by atoms with Crippen LogP contribution >= 0.6 is 27.5 Å². The summed E-state index contributed by atoms with van der Waals surface area (Å²) >= 11 is 8.73. The van der Waals surface area contributed by atoms with Gasteiger partial charge in [0.25, 0.3) is 0 Å². The lowest BCUT2D eigenvalue weighted by atomic mass is 10.1. The molecular formula is C9H7BrClFO. The second-order valence-corrected chi connectivity index (χ2v) is 3.77. The molecule has 0 amide bonds. The Morgan fingerprint density at radius 2 is 2.23 bits per heavy atom. The van der Waals surface area contributed by atoms with Crippen molar-refractivity contribution < 1.29 is 9.18 Å². The molecule has 0 aliphatic rings. The molecule has 0 aromatic heterocycles. The van der Waals surface area contributed by atoms with Crippen LogP contribution in [0.15, 0.2) is 16.6 Å². The van der Waals surface area contributed by atoms with Crippen LogP contribution in [0, 0.1) is 5.82 Å². The standard InChI is InChI=1S/C9H7BrClFO/c10-7-4-3-6(2-1-5-13)8(11)9(7)12/h3-5H,1-2H2. The van der Waals surface area contributed by atoms with Crippen molar-refractivity contribution >= 4 is 33.8 Å². The summed E-state index contributed by atoms with van der Waals surface area (Å²) < 4.78 is 13.5. The van der Waals surface area contributed by atoms with Gasteiger partial charge in [-0.05, 0) is 34.0 Å². The molecule has 0 aliphatic carbocycles. The van der Waals surface area contributed by atoms with Gasteiger partial charge in [0, 0.05) is 6.42 Å². The second-order valence-electron chi connectivity index (χ2n) is 2.54. The van der Waals surface area contributed by atoms with Crippen molar-refractivity contribution in [1.82, 2.24) is 0 Å². The van der Waals surface area contributed by atoms with Crippen LogP contribution in [0.5, 0.6) is 0 Å². The first-order valence-electron chi connectivity index (χ1n) is 3.73. The quantitative estimate of drug-likeness (QED) is 0.605. The minimum atomic E-state index is -0.468. The van der Waals surface area contributed by atoms with Gasteiger partial charge in [0.15, 0.2) is 5.82 Å². The zero-order valence-corrected chi connectivity index (χ0v) is 9.03. The number of rotatable bonds is 3. The zero-order chi connectivity index (χ0) is 9.84. The van der Waals surface area contributed by atoms with Gasteiger partial charge in [-0.3, -0.25) is 0 Å². The Kier molecular flexibility index (Phi) is 3.88. The maximum Gasteiger partial charge on any atom is 0.156 e. The molecule has 1 nitrogen and oxygen atoms in total. The molecule has 1 aromatic carbocycles. The van der Waals surface area contributed by atoms with Crippen LogP contribution in [-0.2, 0) is 11.2 Å². The van der Waals surface area contributed by atoms with Crippen LogP contribution in [0.1, 0.15) is 12.0 Å². The summed E-state index contributed by atoms with van der Waals surface area (Å²) in [7, 11) is 0. The van der Waals surface area contributed by atoms with E-state index >= 15 is 0 Å². The molecule has 0 unspecified atom stereocenters. The normalized spacial score (nSPS) is 10.1. The third kappa shape index (κ3) is 2.51. The molecule has 0 heterocycles. The van der Waals surface area contributed by atoms with Gasteiger partial charge in [0.2, 0.25) is 0 Å². The highest BCUT2D eigenvalue weighted by atomic mass is 79.9. The topological polar surface area (TPSA) is 17.1 Å². The van der Waals surface area contributed by atoms with E-state index in [0.29, 0.717) is 22.9 Å². The molecule has 0 bridgehead atoms. The van der Waals surface area contributed by atoms with Gasteiger partial charge < -0.3 is 4.79 Å². The average molecular weight is 266 g/mol. The molecule has 0 N–H and O–H groups in total. The molecule has 0 saturated carbocycles. The van der Waals surface area contributed by atoms with Crippen molar-refractivity contribution in [3.8, 4) is 0 Å². The van der Waals surface area contributed by atoms with Crippen molar-refractivity contribution in [2.24, 2.45) is 0 Å². The Labute approximate surface area is 89.0 Å². The zero-order valence-electron chi connectivity index (χ0n) is 6.69. The van der Waals surface area contributed by atoms with Crippen LogP contribution in [0.2, 0.25) is 5.02 Å². The van der Waals surface area contributed by atoms with E-state index in [0.717, 1.165) is 6.29 Å². The second kappa shape index (κ2) is 4.72. The Balaban J connectivity index is 2.96. The minimum Gasteiger partial charge on any atom is -0.303 e. The Bertz CT molecular complexity index is 328. The first kappa shape index (κ1) is 10.7. The molecule has 0 radical (unpaired) electrons. The number of aldehydes is 1. The monoisotopic (exact) mass is 264 g/mol. The highest BCUT2D eigenvalue weighted by molar-refractivity contribution is 9.10. The molecule has 13 heavy (non-hydrogen) atoms. The Morgan fingerprint density at radius 1 is 1.54 bits per heavy atom. The first-order chi connectivity index (χ1) is 6.16. The van der Waals surface area contributed by atoms with Crippen LogP contribution in [0.25, 0.3) is 0 Å². The van der Waals surface area contributed by atoms with E-state index < -0.39 is 5.82 Å². The fourth-order valence-electron chi connectivity index (χ4n) is 0.973. The molecule has 0 saturated heterocycles.